The van der Waals surface area contributed by atoms with Crippen LogP contribution in [0.5, 0.6) is 5.75 Å². The Hall–Kier alpha value is -2.47. The van der Waals surface area contributed by atoms with E-state index in [-0.39, 0.29) is 23.7 Å². The molecule has 1 unspecified atom stereocenters. The van der Waals surface area contributed by atoms with Gasteiger partial charge in [-0.05, 0) is 56.2 Å². The Morgan fingerprint density at radius 1 is 1.24 bits per heavy atom. The highest BCUT2D eigenvalue weighted by molar-refractivity contribution is 8.00. The van der Waals surface area contributed by atoms with Crippen LogP contribution < -0.4 is 15.4 Å². The molecule has 0 spiro atoms. The Bertz CT molecular complexity index is 835. The van der Waals surface area contributed by atoms with Gasteiger partial charge >= 0.3 is 0 Å². The van der Waals surface area contributed by atoms with E-state index >= 15 is 0 Å². The van der Waals surface area contributed by atoms with Crippen molar-refractivity contribution in [2.45, 2.75) is 30.9 Å². The molecule has 0 fully saturated rings. The molecule has 1 aliphatic heterocycles. The van der Waals surface area contributed by atoms with E-state index in [9.17, 15) is 9.59 Å². The monoisotopic (exact) mass is 356 g/mol. The third-order valence-electron chi connectivity index (χ3n) is 3.92. The summed E-state index contributed by atoms with van der Waals surface area (Å²) in [5.74, 6) is 0.420. The summed E-state index contributed by atoms with van der Waals surface area (Å²) in [5.41, 5.74) is 3.61. The minimum Gasteiger partial charge on any atom is -0.482 e. The number of hydrogen-bond acceptors (Lipinski definition) is 4. The van der Waals surface area contributed by atoms with Gasteiger partial charge in [-0.15, -0.1) is 11.8 Å². The first-order valence-electron chi connectivity index (χ1n) is 8.04. The summed E-state index contributed by atoms with van der Waals surface area (Å²) in [6.45, 7) is 5.86. The summed E-state index contributed by atoms with van der Waals surface area (Å²) in [6, 6.07) is 11.5. The van der Waals surface area contributed by atoms with Crippen LogP contribution in [0.3, 0.4) is 0 Å². The summed E-state index contributed by atoms with van der Waals surface area (Å²) in [4.78, 5) is 24.8. The summed E-state index contributed by atoms with van der Waals surface area (Å²) in [7, 11) is 0. The van der Waals surface area contributed by atoms with Gasteiger partial charge in [-0.2, -0.15) is 0 Å². The van der Waals surface area contributed by atoms with E-state index in [4.69, 9.17) is 4.74 Å². The third kappa shape index (κ3) is 4.14. The van der Waals surface area contributed by atoms with Gasteiger partial charge in [0.25, 0.3) is 5.91 Å². The molecule has 0 saturated heterocycles. The van der Waals surface area contributed by atoms with Crippen LogP contribution in [0.15, 0.2) is 41.3 Å². The highest BCUT2D eigenvalue weighted by Crippen LogP contribution is 2.34. The van der Waals surface area contributed by atoms with Crippen LogP contribution in [0.4, 0.5) is 11.4 Å². The lowest BCUT2D eigenvalue weighted by atomic mass is 10.1. The minimum absolute atomic E-state index is 0.0359. The first-order valence-corrected chi connectivity index (χ1v) is 8.92. The number of carbonyl (C=O) groups excluding carboxylic acids is 2. The number of nitrogens with one attached hydrogen (secondary N) is 2. The molecule has 1 atom stereocenters. The molecule has 1 heterocycles. The van der Waals surface area contributed by atoms with E-state index in [1.165, 1.54) is 11.8 Å². The van der Waals surface area contributed by atoms with Crippen LogP contribution in [-0.4, -0.2) is 23.7 Å². The van der Waals surface area contributed by atoms with Gasteiger partial charge in [0.05, 0.1) is 10.9 Å². The molecular weight excluding hydrogens is 336 g/mol. The molecule has 2 amide bonds. The van der Waals surface area contributed by atoms with Gasteiger partial charge < -0.3 is 15.4 Å². The summed E-state index contributed by atoms with van der Waals surface area (Å²) >= 11 is 1.44. The van der Waals surface area contributed by atoms with Crippen LogP contribution in [0.2, 0.25) is 0 Å². The number of fused-ring (bicyclic) bond motifs is 1. The number of hydrogen-bond donors (Lipinski definition) is 2. The van der Waals surface area contributed by atoms with E-state index in [1.807, 2.05) is 57.2 Å². The number of thioether (sulfide) groups is 1. The first-order chi connectivity index (χ1) is 11.9. The number of rotatable bonds is 4. The second-order valence-corrected chi connectivity index (χ2v) is 7.48. The predicted octanol–water partition coefficient (Wildman–Crippen LogP) is 3.75. The fraction of sp³-hybridized carbons (Fsp3) is 0.263. The van der Waals surface area contributed by atoms with Gasteiger partial charge in [0.15, 0.2) is 6.61 Å². The Labute approximate surface area is 151 Å². The molecule has 1 aliphatic rings. The maximum Gasteiger partial charge on any atom is 0.262 e. The normalized spacial score (nSPS) is 14.1. The van der Waals surface area contributed by atoms with Crippen LogP contribution in [0, 0.1) is 13.8 Å². The number of ether oxygens (including phenoxy) is 1. The molecule has 2 aromatic rings. The molecule has 0 saturated carbocycles. The molecule has 0 aromatic heterocycles. The lowest BCUT2D eigenvalue weighted by Crippen LogP contribution is -2.25. The Morgan fingerprint density at radius 2 is 2.04 bits per heavy atom. The molecule has 6 heteroatoms. The van der Waals surface area contributed by atoms with Gasteiger partial charge in [-0.1, -0.05) is 12.1 Å². The van der Waals surface area contributed by atoms with Crippen molar-refractivity contribution >= 4 is 35.0 Å². The van der Waals surface area contributed by atoms with E-state index in [2.05, 4.69) is 10.6 Å². The van der Waals surface area contributed by atoms with Crippen molar-refractivity contribution in [3.05, 3.63) is 47.5 Å². The second kappa shape index (κ2) is 7.19. The highest BCUT2D eigenvalue weighted by atomic mass is 32.2. The van der Waals surface area contributed by atoms with Crippen molar-refractivity contribution in [2.24, 2.45) is 0 Å². The lowest BCUT2D eigenvalue weighted by molar-refractivity contribution is -0.118. The number of amides is 2. The maximum absolute atomic E-state index is 12.5. The van der Waals surface area contributed by atoms with Crippen LogP contribution in [0.25, 0.3) is 0 Å². The van der Waals surface area contributed by atoms with Crippen LogP contribution in [0.1, 0.15) is 18.1 Å². The molecule has 130 valence electrons. The van der Waals surface area contributed by atoms with E-state index in [0.29, 0.717) is 11.4 Å². The SMILES string of the molecule is Cc1ccc(C)c(NC(=O)C(C)Sc2ccc3c(c2)NC(=O)CO3)c1. The topological polar surface area (TPSA) is 67.4 Å². The molecular formula is C19H20N2O3S. The smallest absolute Gasteiger partial charge is 0.262 e. The lowest BCUT2D eigenvalue weighted by Gasteiger charge is -2.19. The van der Waals surface area contributed by atoms with Crippen molar-refractivity contribution in [3.8, 4) is 5.75 Å². The molecule has 25 heavy (non-hydrogen) atoms. The summed E-state index contributed by atoms with van der Waals surface area (Å²) in [5, 5.41) is 5.49. The average molecular weight is 356 g/mol. The van der Waals surface area contributed by atoms with E-state index in [1.54, 1.807) is 0 Å². The van der Waals surface area contributed by atoms with E-state index < -0.39 is 0 Å². The fourth-order valence-electron chi connectivity index (χ4n) is 2.50. The third-order valence-corrected chi connectivity index (χ3v) is 5.01. The van der Waals surface area contributed by atoms with Crippen molar-refractivity contribution in [1.82, 2.24) is 0 Å². The van der Waals surface area contributed by atoms with E-state index in [0.717, 1.165) is 21.7 Å². The van der Waals surface area contributed by atoms with Crippen LogP contribution in [-0.2, 0) is 9.59 Å². The molecule has 5 nitrogen and oxygen atoms in total. The number of carbonyl (C=O) groups is 2. The number of benzene rings is 2. The summed E-state index contributed by atoms with van der Waals surface area (Å²) in [6.07, 6.45) is 0. The maximum atomic E-state index is 12.5. The zero-order chi connectivity index (χ0) is 18.0. The molecule has 0 aliphatic carbocycles. The van der Waals surface area contributed by atoms with Crippen molar-refractivity contribution < 1.29 is 14.3 Å². The Kier molecular flexibility index (Phi) is 4.99. The average Bonchev–Trinajstić information content (AvgIpc) is 2.57. The molecule has 0 radical (unpaired) electrons. The molecule has 0 bridgehead atoms. The minimum atomic E-state index is -0.279. The van der Waals surface area contributed by atoms with Gasteiger partial charge in [-0.25, -0.2) is 0 Å². The van der Waals surface area contributed by atoms with Gasteiger partial charge in [-0.3, -0.25) is 9.59 Å². The van der Waals surface area contributed by atoms with Gasteiger partial charge in [0.1, 0.15) is 5.75 Å². The molecule has 3 rings (SSSR count). The largest absolute Gasteiger partial charge is 0.482 e. The first kappa shape index (κ1) is 17.4. The van der Waals surface area contributed by atoms with Gasteiger partial charge in [0, 0.05) is 10.6 Å². The Balaban J connectivity index is 1.68. The Morgan fingerprint density at radius 3 is 2.84 bits per heavy atom. The quantitative estimate of drug-likeness (QED) is 0.819. The summed E-state index contributed by atoms with van der Waals surface area (Å²) < 4.78 is 5.35. The standard InChI is InChI=1S/C19H20N2O3S/c1-11-4-5-12(2)15(8-11)21-19(23)13(3)25-14-6-7-17-16(9-14)20-18(22)10-24-17/h4-9,13H,10H2,1-3H3,(H,20,22)(H,21,23). The molecule has 2 aromatic carbocycles. The predicted molar refractivity (Wildman–Crippen MR) is 100 cm³/mol. The van der Waals surface area contributed by atoms with Gasteiger partial charge in [0.2, 0.25) is 5.91 Å². The molecule has 2 N–H and O–H groups in total. The second-order valence-electron chi connectivity index (χ2n) is 6.06. The number of aryl methyl sites for hydroxylation is 2. The van der Waals surface area contributed by atoms with Crippen molar-refractivity contribution in [3.63, 3.8) is 0 Å². The zero-order valence-corrected chi connectivity index (χ0v) is 15.2. The van der Waals surface area contributed by atoms with Crippen molar-refractivity contribution in [2.75, 3.05) is 17.2 Å². The van der Waals surface area contributed by atoms with Crippen LogP contribution >= 0.6 is 11.8 Å². The number of anilines is 2. The fourth-order valence-corrected chi connectivity index (χ4v) is 3.40. The zero-order valence-electron chi connectivity index (χ0n) is 14.4. The van der Waals surface area contributed by atoms with Crippen molar-refractivity contribution in [1.29, 1.82) is 0 Å². The highest BCUT2D eigenvalue weighted by Gasteiger charge is 2.19.